The van der Waals surface area contributed by atoms with Crippen LogP contribution in [0.1, 0.15) is 23.7 Å². The van der Waals surface area contributed by atoms with E-state index in [1.807, 2.05) is 0 Å². The molecule has 0 aliphatic carbocycles. The quantitative estimate of drug-likeness (QED) is 0.883. The molecule has 1 N–H and O–H groups in total. The van der Waals surface area contributed by atoms with Gasteiger partial charge in [-0.25, -0.2) is 0 Å². The minimum Gasteiger partial charge on any atom is -0.281 e. The van der Waals surface area contributed by atoms with Crippen LogP contribution >= 0.6 is 15.9 Å². The SMILES string of the molecule is CCc1[nH]nc(-c2ccc(C)cc2C)c1Br. The molecule has 1 aromatic heterocycles. The molecule has 2 aromatic rings. The molecule has 3 heteroatoms. The number of hydrogen-bond acceptors (Lipinski definition) is 1. The summed E-state index contributed by atoms with van der Waals surface area (Å²) in [7, 11) is 0. The Morgan fingerprint density at radius 2 is 2.06 bits per heavy atom. The average Bonchev–Trinajstić information content (AvgIpc) is 2.60. The highest BCUT2D eigenvalue weighted by molar-refractivity contribution is 9.10. The maximum atomic E-state index is 4.38. The molecule has 0 bridgehead atoms. The number of aryl methyl sites for hydroxylation is 3. The molecule has 0 unspecified atom stereocenters. The Morgan fingerprint density at radius 1 is 1.31 bits per heavy atom. The van der Waals surface area contributed by atoms with Gasteiger partial charge in [-0.2, -0.15) is 5.10 Å². The minimum absolute atomic E-state index is 0.957. The lowest BCUT2D eigenvalue weighted by Crippen LogP contribution is -1.85. The van der Waals surface area contributed by atoms with Gasteiger partial charge in [0.2, 0.25) is 0 Å². The van der Waals surface area contributed by atoms with E-state index < -0.39 is 0 Å². The molecule has 0 spiro atoms. The van der Waals surface area contributed by atoms with E-state index in [0.717, 1.165) is 22.3 Å². The van der Waals surface area contributed by atoms with E-state index in [2.05, 4.69) is 65.1 Å². The molecule has 0 saturated heterocycles. The maximum Gasteiger partial charge on any atom is 0.107 e. The first kappa shape index (κ1) is 11.4. The molecule has 0 saturated carbocycles. The van der Waals surface area contributed by atoms with Crippen molar-refractivity contribution in [2.75, 3.05) is 0 Å². The lowest BCUT2D eigenvalue weighted by molar-refractivity contribution is 0.973. The summed E-state index contributed by atoms with van der Waals surface area (Å²) in [6.07, 6.45) is 0.957. The second kappa shape index (κ2) is 4.42. The van der Waals surface area contributed by atoms with E-state index in [9.17, 15) is 0 Å². The molecule has 84 valence electrons. The van der Waals surface area contributed by atoms with Crippen molar-refractivity contribution in [2.24, 2.45) is 0 Å². The maximum absolute atomic E-state index is 4.38. The predicted molar refractivity (Wildman–Crippen MR) is 70.6 cm³/mol. The van der Waals surface area contributed by atoms with Crippen molar-refractivity contribution in [1.29, 1.82) is 0 Å². The second-order valence-electron chi connectivity index (χ2n) is 4.04. The van der Waals surface area contributed by atoms with Crippen molar-refractivity contribution in [3.05, 3.63) is 39.5 Å². The Bertz CT molecular complexity index is 515. The van der Waals surface area contributed by atoms with Crippen LogP contribution in [0, 0.1) is 13.8 Å². The fourth-order valence-corrected chi connectivity index (χ4v) is 2.53. The molecular formula is C13H15BrN2. The van der Waals surface area contributed by atoms with Gasteiger partial charge in [-0.1, -0.05) is 30.7 Å². The summed E-state index contributed by atoms with van der Waals surface area (Å²) in [6.45, 7) is 6.34. The highest BCUT2D eigenvalue weighted by Gasteiger charge is 2.12. The number of benzene rings is 1. The van der Waals surface area contributed by atoms with Crippen molar-refractivity contribution < 1.29 is 0 Å². The Hall–Kier alpha value is -1.09. The molecule has 1 heterocycles. The van der Waals surface area contributed by atoms with Gasteiger partial charge in [0.1, 0.15) is 5.69 Å². The highest BCUT2D eigenvalue weighted by atomic mass is 79.9. The van der Waals surface area contributed by atoms with E-state index >= 15 is 0 Å². The molecule has 2 nitrogen and oxygen atoms in total. The normalized spacial score (nSPS) is 10.8. The van der Waals surface area contributed by atoms with Gasteiger partial charge in [0.25, 0.3) is 0 Å². The third kappa shape index (κ3) is 1.92. The van der Waals surface area contributed by atoms with E-state index in [4.69, 9.17) is 0 Å². The molecule has 2 rings (SSSR count). The highest BCUT2D eigenvalue weighted by Crippen LogP contribution is 2.31. The van der Waals surface area contributed by atoms with Gasteiger partial charge in [0.15, 0.2) is 0 Å². The van der Waals surface area contributed by atoms with Gasteiger partial charge in [0.05, 0.1) is 4.47 Å². The summed E-state index contributed by atoms with van der Waals surface area (Å²) in [4.78, 5) is 0. The van der Waals surface area contributed by atoms with Crippen LogP contribution in [-0.2, 0) is 6.42 Å². The summed E-state index contributed by atoms with van der Waals surface area (Å²) in [6, 6.07) is 6.43. The summed E-state index contributed by atoms with van der Waals surface area (Å²) in [5, 5.41) is 7.44. The van der Waals surface area contributed by atoms with Crippen LogP contribution in [0.15, 0.2) is 22.7 Å². The number of H-pyrrole nitrogens is 1. The number of aromatic amines is 1. The molecule has 0 atom stereocenters. The lowest BCUT2D eigenvalue weighted by Gasteiger charge is -2.04. The van der Waals surface area contributed by atoms with E-state index in [-0.39, 0.29) is 0 Å². The average molecular weight is 279 g/mol. The Labute approximate surface area is 104 Å². The summed E-state index contributed by atoms with van der Waals surface area (Å²) in [5.41, 5.74) is 5.89. The Kier molecular flexibility index (Phi) is 3.15. The lowest BCUT2D eigenvalue weighted by atomic mass is 10.0. The predicted octanol–water partition coefficient (Wildman–Crippen LogP) is 4.02. The largest absolute Gasteiger partial charge is 0.281 e. The van der Waals surface area contributed by atoms with Gasteiger partial charge in [-0.15, -0.1) is 0 Å². The fourth-order valence-electron chi connectivity index (χ4n) is 1.86. The number of nitrogens with zero attached hydrogens (tertiary/aromatic N) is 1. The Balaban J connectivity index is 2.54. The zero-order chi connectivity index (χ0) is 11.7. The van der Waals surface area contributed by atoms with Crippen LogP contribution in [-0.4, -0.2) is 10.2 Å². The van der Waals surface area contributed by atoms with Gasteiger partial charge in [-0.3, -0.25) is 5.10 Å². The van der Waals surface area contributed by atoms with Crippen LogP contribution in [0.3, 0.4) is 0 Å². The van der Waals surface area contributed by atoms with Crippen LogP contribution < -0.4 is 0 Å². The van der Waals surface area contributed by atoms with E-state index in [1.165, 1.54) is 16.7 Å². The number of aromatic nitrogens is 2. The monoisotopic (exact) mass is 278 g/mol. The smallest absolute Gasteiger partial charge is 0.107 e. The molecule has 0 aliphatic heterocycles. The first-order chi connectivity index (χ1) is 7.63. The topological polar surface area (TPSA) is 28.7 Å². The van der Waals surface area contributed by atoms with E-state index in [1.54, 1.807) is 0 Å². The number of rotatable bonds is 2. The summed E-state index contributed by atoms with van der Waals surface area (Å²) in [5.74, 6) is 0. The minimum atomic E-state index is 0.957. The van der Waals surface area contributed by atoms with Gasteiger partial charge < -0.3 is 0 Å². The third-order valence-electron chi connectivity index (χ3n) is 2.77. The zero-order valence-electron chi connectivity index (χ0n) is 9.76. The molecule has 16 heavy (non-hydrogen) atoms. The van der Waals surface area contributed by atoms with Crippen molar-refractivity contribution in [2.45, 2.75) is 27.2 Å². The van der Waals surface area contributed by atoms with Crippen molar-refractivity contribution in [3.8, 4) is 11.3 Å². The second-order valence-corrected chi connectivity index (χ2v) is 4.83. The van der Waals surface area contributed by atoms with Crippen LogP contribution in [0.5, 0.6) is 0 Å². The molecule has 1 aromatic carbocycles. The van der Waals surface area contributed by atoms with Crippen molar-refractivity contribution >= 4 is 15.9 Å². The first-order valence-electron chi connectivity index (χ1n) is 5.43. The Morgan fingerprint density at radius 3 is 2.62 bits per heavy atom. The molecule has 0 radical (unpaired) electrons. The molecule has 0 fully saturated rings. The number of hydrogen-bond donors (Lipinski definition) is 1. The molecule has 0 amide bonds. The van der Waals surface area contributed by atoms with Crippen molar-refractivity contribution in [1.82, 2.24) is 10.2 Å². The molecular weight excluding hydrogens is 264 g/mol. The standard InChI is InChI=1S/C13H15BrN2/c1-4-11-12(14)13(16-15-11)10-6-5-8(2)7-9(10)3/h5-7H,4H2,1-3H3,(H,15,16). The van der Waals surface area contributed by atoms with E-state index in [0.29, 0.717) is 0 Å². The molecule has 0 aliphatic rings. The first-order valence-corrected chi connectivity index (χ1v) is 6.23. The van der Waals surface area contributed by atoms with Crippen LogP contribution in [0.2, 0.25) is 0 Å². The van der Waals surface area contributed by atoms with Gasteiger partial charge in [0, 0.05) is 11.3 Å². The summed E-state index contributed by atoms with van der Waals surface area (Å²) >= 11 is 3.61. The summed E-state index contributed by atoms with van der Waals surface area (Å²) < 4.78 is 1.09. The fraction of sp³-hybridized carbons (Fsp3) is 0.308. The van der Waals surface area contributed by atoms with Gasteiger partial charge in [-0.05, 0) is 41.8 Å². The third-order valence-corrected chi connectivity index (χ3v) is 3.62. The zero-order valence-corrected chi connectivity index (χ0v) is 11.4. The number of nitrogens with one attached hydrogen (secondary N) is 1. The van der Waals surface area contributed by atoms with Crippen LogP contribution in [0.4, 0.5) is 0 Å². The number of halogens is 1. The van der Waals surface area contributed by atoms with Crippen molar-refractivity contribution in [3.63, 3.8) is 0 Å². The van der Waals surface area contributed by atoms with Gasteiger partial charge >= 0.3 is 0 Å². The van der Waals surface area contributed by atoms with Crippen LogP contribution in [0.25, 0.3) is 11.3 Å².